The number of hydrogen-bond donors (Lipinski definition) is 2. The highest BCUT2D eigenvalue weighted by molar-refractivity contribution is 5.92. The van der Waals surface area contributed by atoms with Gasteiger partial charge in [0, 0.05) is 18.5 Å². The number of hydrogen-bond acceptors (Lipinski definition) is 5. The second kappa shape index (κ2) is 7.18. The van der Waals surface area contributed by atoms with E-state index < -0.39 is 18.0 Å². The van der Waals surface area contributed by atoms with Crippen LogP contribution in [-0.4, -0.2) is 41.7 Å². The van der Waals surface area contributed by atoms with Gasteiger partial charge in [0.2, 0.25) is 5.91 Å². The van der Waals surface area contributed by atoms with E-state index >= 15 is 0 Å². The van der Waals surface area contributed by atoms with Crippen molar-refractivity contribution in [3.8, 4) is 0 Å². The molecule has 6 heteroatoms. The van der Waals surface area contributed by atoms with Crippen LogP contribution in [0.3, 0.4) is 0 Å². The molecule has 1 atom stereocenters. The smallest absolute Gasteiger partial charge is 0.336 e. The molecule has 0 spiro atoms. The third-order valence-corrected chi connectivity index (χ3v) is 2.05. The number of amides is 1. The van der Waals surface area contributed by atoms with Gasteiger partial charge < -0.3 is 15.2 Å². The van der Waals surface area contributed by atoms with Crippen LogP contribution in [0.2, 0.25) is 0 Å². The lowest BCUT2D eigenvalue weighted by Crippen LogP contribution is -2.36. The van der Waals surface area contributed by atoms with E-state index in [1.807, 2.05) is 0 Å². The Morgan fingerprint density at radius 3 is 3.00 bits per heavy atom. The van der Waals surface area contributed by atoms with E-state index in [2.05, 4.69) is 15.0 Å². The van der Waals surface area contributed by atoms with Crippen LogP contribution in [0.5, 0.6) is 0 Å². The topological polar surface area (TPSA) is 88.5 Å². The molecule has 0 saturated heterocycles. The van der Waals surface area contributed by atoms with E-state index in [0.29, 0.717) is 0 Å². The molecule has 0 radical (unpaired) electrons. The van der Waals surface area contributed by atoms with Gasteiger partial charge in [-0.05, 0) is 17.7 Å². The molecule has 0 aliphatic heterocycles. The van der Waals surface area contributed by atoms with E-state index in [1.54, 1.807) is 30.6 Å². The lowest BCUT2D eigenvalue weighted by Gasteiger charge is -2.07. The first-order valence-electron chi connectivity index (χ1n) is 5.25. The van der Waals surface area contributed by atoms with Crippen LogP contribution in [0.15, 0.2) is 30.6 Å². The summed E-state index contributed by atoms with van der Waals surface area (Å²) in [5.41, 5.74) is 0.779. The summed E-state index contributed by atoms with van der Waals surface area (Å²) in [6.45, 7) is -0.192. The standard InChI is InChI=1S/C12H14N2O4/c1-18-12(17)10(15)8-14-11(16)5-4-9-3-2-6-13-7-9/h2-7,10,15H,8H2,1H3,(H,14,16)/b5-4+. The molecule has 1 aromatic rings. The largest absolute Gasteiger partial charge is 0.467 e. The molecule has 0 aliphatic rings. The van der Waals surface area contributed by atoms with Gasteiger partial charge in [0.25, 0.3) is 0 Å². The number of pyridine rings is 1. The normalized spacial score (nSPS) is 12.1. The lowest BCUT2D eigenvalue weighted by atomic mass is 10.2. The molecule has 1 aromatic heterocycles. The monoisotopic (exact) mass is 250 g/mol. The fourth-order valence-corrected chi connectivity index (χ4v) is 1.12. The number of carbonyl (C=O) groups is 2. The number of rotatable bonds is 5. The number of ether oxygens (including phenoxy) is 1. The van der Waals surface area contributed by atoms with Crippen molar-refractivity contribution in [1.29, 1.82) is 0 Å². The quantitative estimate of drug-likeness (QED) is 0.555. The number of esters is 1. The van der Waals surface area contributed by atoms with E-state index in [4.69, 9.17) is 0 Å². The van der Waals surface area contributed by atoms with Crippen LogP contribution < -0.4 is 5.32 Å². The SMILES string of the molecule is COC(=O)C(O)CNC(=O)/C=C/c1cccnc1. The summed E-state index contributed by atoms with van der Waals surface area (Å²) in [6, 6.07) is 3.54. The van der Waals surface area contributed by atoms with Gasteiger partial charge in [-0.15, -0.1) is 0 Å². The highest BCUT2D eigenvalue weighted by Crippen LogP contribution is 1.97. The number of methoxy groups -OCH3 is 1. The van der Waals surface area contributed by atoms with Crippen LogP contribution in [0, 0.1) is 0 Å². The zero-order valence-electron chi connectivity index (χ0n) is 9.87. The van der Waals surface area contributed by atoms with E-state index in [9.17, 15) is 14.7 Å². The zero-order chi connectivity index (χ0) is 13.4. The average Bonchev–Trinajstić information content (AvgIpc) is 2.42. The maximum atomic E-state index is 11.4. The molecule has 0 aliphatic carbocycles. The van der Waals surface area contributed by atoms with Gasteiger partial charge in [-0.2, -0.15) is 0 Å². The van der Waals surface area contributed by atoms with Crippen LogP contribution in [0.4, 0.5) is 0 Å². The van der Waals surface area contributed by atoms with Gasteiger partial charge in [0.1, 0.15) is 0 Å². The van der Waals surface area contributed by atoms with Crippen molar-refractivity contribution in [2.75, 3.05) is 13.7 Å². The van der Waals surface area contributed by atoms with Crippen molar-refractivity contribution in [2.45, 2.75) is 6.10 Å². The third-order valence-electron chi connectivity index (χ3n) is 2.05. The molecule has 0 bridgehead atoms. The lowest BCUT2D eigenvalue weighted by molar-refractivity contribution is -0.150. The number of aliphatic hydroxyl groups excluding tert-OH is 1. The number of carbonyl (C=O) groups excluding carboxylic acids is 2. The van der Waals surface area contributed by atoms with Crippen LogP contribution in [0.25, 0.3) is 6.08 Å². The van der Waals surface area contributed by atoms with E-state index in [0.717, 1.165) is 12.7 Å². The summed E-state index contributed by atoms with van der Waals surface area (Å²) in [6.07, 6.45) is 4.75. The second-order valence-corrected chi connectivity index (χ2v) is 3.40. The molecular formula is C12H14N2O4. The van der Waals surface area contributed by atoms with Gasteiger partial charge in [0.05, 0.1) is 13.7 Å². The minimum Gasteiger partial charge on any atom is -0.467 e. The summed E-state index contributed by atoms with van der Waals surface area (Å²) in [5.74, 6) is -1.20. The Morgan fingerprint density at radius 2 is 2.39 bits per heavy atom. The highest BCUT2D eigenvalue weighted by atomic mass is 16.5. The Labute approximate surface area is 104 Å². The van der Waals surface area contributed by atoms with Gasteiger partial charge >= 0.3 is 5.97 Å². The van der Waals surface area contributed by atoms with Crippen molar-refractivity contribution in [3.63, 3.8) is 0 Å². The molecule has 1 amide bonds. The summed E-state index contributed by atoms with van der Waals surface area (Å²) in [5, 5.41) is 11.6. The molecule has 1 unspecified atom stereocenters. The Bertz CT molecular complexity index is 431. The number of aliphatic hydroxyl groups is 1. The molecule has 0 aromatic carbocycles. The molecule has 96 valence electrons. The Kier molecular flexibility index (Phi) is 5.53. The fraction of sp³-hybridized carbons (Fsp3) is 0.250. The van der Waals surface area contributed by atoms with E-state index in [-0.39, 0.29) is 6.54 Å². The molecule has 18 heavy (non-hydrogen) atoms. The minimum absolute atomic E-state index is 0.192. The van der Waals surface area contributed by atoms with Gasteiger partial charge in [-0.25, -0.2) is 4.79 Å². The van der Waals surface area contributed by atoms with Crippen molar-refractivity contribution in [1.82, 2.24) is 10.3 Å². The Balaban J connectivity index is 2.38. The minimum atomic E-state index is -1.36. The molecular weight excluding hydrogens is 236 g/mol. The predicted molar refractivity (Wildman–Crippen MR) is 64.3 cm³/mol. The second-order valence-electron chi connectivity index (χ2n) is 3.40. The van der Waals surface area contributed by atoms with Crippen LogP contribution in [-0.2, 0) is 14.3 Å². The van der Waals surface area contributed by atoms with Gasteiger partial charge in [-0.3, -0.25) is 9.78 Å². The first-order chi connectivity index (χ1) is 8.63. The average molecular weight is 250 g/mol. The van der Waals surface area contributed by atoms with Crippen LogP contribution >= 0.6 is 0 Å². The number of nitrogens with one attached hydrogen (secondary N) is 1. The van der Waals surface area contributed by atoms with Crippen molar-refractivity contribution >= 4 is 18.0 Å². The third kappa shape index (κ3) is 4.75. The first kappa shape index (κ1) is 13.9. The summed E-state index contributed by atoms with van der Waals surface area (Å²) < 4.78 is 4.31. The highest BCUT2D eigenvalue weighted by Gasteiger charge is 2.15. The molecule has 0 fully saturated rings. The fourth-order valence-electron chi connectivity index (χ4n) is 1.12. The molecule has 6 nitrogen and oxygen atoms in total. The molecule has 1 rings (SSSR count). The maximum Gasteiger partial charge on any atom is 0.336 e. The predicted octanol–water partition coefficient (Wildman–Crippen LogP) is -0.255. The summed E-state index contributed by atoms with van der Waals surface area (Å²) in [7, 11) is 1.16. The summed E-state index contributed by atoms with van der Waals surface area (Å²) in [4.78, 5) is 26.1. The molecule has 0 saturated carbocycles. The zero-order valence-corrected chi connectivity index (χ0v) is 9.87. The van der Waals surface area contributed by atoms with Crippen molar-refractivity contribution < 1.29 is 19.4 Å². The van der Waals surface area contributed by atoms with E-state index in [1.165, 1.54) is 6.08 Å². The van der Waals surface area contributed by atoms with Crippen LogP contribution in [0.1, 0.15) is 5.56 Å². The molecule has 2 N–H and O–H groups in total. The van der Waals surface area contributed by atoms with Gasteiger partial charge in [-0.1, -0.05) is 6.07 Å². The number of aromatic nitrogens is 1. The van der Waals surface area contributed by atoms with Crippen molar-refractivity contribution in [3.05, 3.63) is 36.2 Å². The first-order valence-corrected chi connectivity index (χ1v) is 5.25. The Hall–Kier alpha value is -2.21. The van der Waals surface area contributed by atoms with Gasteiger partial charge in [0.15, 0.2) is 6.10 Å². The van der Waals surface area contributed by atoms with Crippen molar-refractivity contribution in [2.24, 2.45) is 0 Å². The maximum absolute atomic E-state index is 11.4. The molecule has 1 heterocycles. The Morgan fingerprint density at radius 1 is 1.61 bits per heavy atom. The summed E-state index contributed by atoms with van der Waals surface area (Å²) >= 11 is 0. The number of nitrogens with zero attached hydrogens (tertiary/aromatic N) is 1.